The van der Waals surface area contributed by atoms with Crippen LogP contribution in [-0.4, -0.2) is 46.0 Å². The van der Waals surface area contributed by atoms with Gasteiger partial charge in [0.15, 0.2) is 0 Å². The predicted octanol–water partition coefficient (Wildman–Crippen LogP) is -0.163. The van der Waals surface area contributed by atoms with Crippen molar-refractivity contribution in [3.05, 3.63) is 0 Å². The van der Waals surface area contributed by atoms with Crippen LogP contribution in [-0.2, 0) is 14.8 Å². The lowest BCUT2D eigenvalue weighted by Crippen LogP contribution is -2.43. The van der Waals surface area contributed by atoms with Gasteiger partial charge >= 0.3 is 0 Å². The third-order valence-electron chi connectivity index (χ3n) is 2.89. The number of ether oxygens (including phenoxy) is 1. The molecule has 5 nitrogen and oxygen atoms in total. The van der Waals surface area contributed by atoms with Crippen LogP contribution in [0.3, 0.4) is 0 Å². The average Bonchev–Trinajstić information content (AvgIpc) is 3.02. The molecule has 6 heteroatoms. The van der Waals surface area contributed by atoms with E-state index in [9.17, 15) is 8.42 Å². The normalized spacial score (nSPS) is 26.9. The van der Waals surface area contributed by atoms with Crippen LogP contribution in [0.5, 0.6) is 0 Å². The van der Waals surface area contributed by atoms with Crippen LogP contribution in [0.2, 0.25) is 0 Å². The lowest BCUT2D eigenvalue weighted by molar-refractivity contribution is 0.0774. The number of sulfonamides is 1. The second kappa shape index (κ2) is 5.44. The van der Waals surface area contributed by atoms with Gasteiger partial charge in [0.05, 0.1) is 12.4 Å². The first-order valence-electron chi connectivity index (χ1n) is 5.97. The van der Waals surface area contributed by atoms with Gasteiger partial charge in [0, 0.05) is 25.2 Å². The van der Waals surface area contributed by atoms with E-state index >= 15 is 0 Å². The second-order valence-corrected chi connectivity index (χ2v) is 6.45. The molecule has 1 atom stereocenters. The summed E-state index contributed by atoms with van der Waals surface area (Å²) in [6.45, 7) is 1.81. The third-order valence-corrected chi connectivity index (χ3v) is 4.32. The summed E-state index contributed by atoms with van der Waals surface area (Å²) in [7, 11) is -3.14. The molecule has 2 fully saturated rings. The van der Waals surface area contributed by atoms with E-state index < -0.39 is 10.0 Å². The van der Waals surface area contributed by atoms with Crippen molar-refractivity contribution in [2.24, 2.45) is 0 Å². The van der Waals surface area contributed by atoms with Gasteiger partial charge in [-0.25, -0.2) is 13.1 Å². The van der Waals surface area contributed by atoms with E-state index in [1.165, 1.54) is 12.8 Å². The molecule has 0 aromatic rings. The number of nitrogens with one attached hydrogen (secondary N) is 2. The SMILES string of the molecule is O=S(=O)(CCNC1CC1)NC1CCCOC1. The first-order chi connectivity index (χ1) is 7.66. The first-order valence-corrected chi connectivity index (χ1v) is 7.62. The third kappa shape index (κ3) is 4.37. The zero-order chi connectivity index (χ0) is 11.4. The Morgan fingerprint density at radius 1 is 1.19 bits per heavy atom. The molecule has 0 spiro atoms. The molecule has 1 aliphatic heterocycles. The van der Waals surface area contributed by atoms with Crippen molar-refractivity contribution < 1.29 is 13.2 Å². The fourth-order valence-electron chi connectivity index (χ4n) is 1.83. The fraction of sp³-hybridized carbons (Fsp3) is 1.00. The summed E-state index contributed by atoms with van der Waals surface area (Å²) in [5, 5.41) is 3.20. The topological polar surface area (TPSA) is 67.4 Å². The Balaban J connectivity index is 1.68. The minimum absolute atomic E-state index is 0.0281. The van der Waals surface area contributed by atoms with Crippen LogP contribution >= 0.6 is 0 Å². The quantitative estimate of drug-likeness (QED) is 0.685. The smallest absolute Gasteiger partial charge is 0.213 e. The van der Waals surface area contributed by atoms with Crippen LogP contribution in [0.15, 0.2) is 0 Å². The van der Waals surface area contributed by atoms with Crippen molar-refractivity contribution in [3.63, 3.8) is 0 Å². The number of rotatable bonds is 6. The van der Waals surface area contributed by atoms with Crippen molar-refractivity contribution in [1.29, 1.82) is 0 Å². The van der Waals surface area contributed by atoms with Gasteiger partial charge in [-0.05, 0) is 25.7 Å². The van der Waals surface area contributed by atoms with E-state index in [-0.39, 0.29) is 11.8 Å². The monoisotopic (exact) mass is 248 g/mol. The highest BCUT2D eigenvalue weighted by molar-refractivity contribution is 7.89. The highest BCUT2D eigenvalue weighted by Gasteiger charge is 2.23. The minimum atomic E-state index is -3.14. The van der Waals surface area contributed by atoms with Crippen molar-refractivity contribution in [1.82, 2.24) is 10.0 Å². The van der Waals surface area contributed by atoms with E-state index in [4.69, 9.17) is 4.74 Å². The molecule has 1 heterocycles. The average molecular weight is 248 g/mol. The molecule has 0 radical (unpaired) electrons. The molecule has 1 saturated carbocycles. The van der Waals surface area contributed by atoms with Gasteiger partial charge in [0.25, 0.3) is 0 Å². The van der Waals surface area contributed by atoms with E-state index in [0.717, 1.165) is 19.4 Å². The Morgan fingerprint density at radius 2 is 2.00 bits per heavy atom. The lowest BCUT2D eigenvalue weighted by Gasteiger charge is -2.22. The molecule has 1 aliphatic carbocycles. The van der Waals surface area contributed by atoms with Gasteiger partial charge in [-0.2, -0.15) is 0 Å². The Kier molecular flexibility index (Phi) is 4.18. The van der Waals surface area contributed by atoms with Crippen LogP contribution in [0.1, 0.15) is 25.7 Å². The maximum Gasteiger partial charge on any atom is 0.213 e. The van der Waals surface area contributed by atoms with Crippen LogP contribution in [0, 0.1) is 0 Å². The molecule has 2 rings (SSSR count). The van der Waals surface area contributed by atoms with E-state index in [1.54, 1.807) is 0 Å². The van der Waals surface area contributed by atoms with Crippen molar-refractivity contribution in [3.8, 4) is 0 Å². The molecule has 16 heavy (non-hydrogen) atoms. The van der Waals surface area contributed by atoms with Crippen molar-refractivity contribution in [2.75, 3.05) is 25.5 Å². The van der Waals surface area contributed by atoms with Crippen LogP contribution < -0.4 is 10.0 Å². The zero-order valence-corrected chi connectivity index (χ0v) is 10.3. The predicted molar refractivity (Wildman–Crippen MR) is 61.8 cm³/mol. The first kappa shape index (κ1) is 12.3. The van der Waals surface area contributed by atoms with Crippen LogP contribution in [0.25, 0.3) is 0 Å². The van der Waals surface area contributed by atoms with Gasteiger partial charge in [-0.15, -0.1) is 0 Å². The van der Waals surface area contributed by atoms with Gasteiger partial charge in [-0.3, -0.25) is 0 Å². The fourth-order valence-corrected chi connectivity index (χ4v) is 3.03. The second-order valence-electron chi connectivity index (χ2n) is 4.58. The van der Waals surface area contributed by atoms with Crippen LogP contribution in [0.4, 0.5) is 0 Å². The molecule has 1 unspecified atom stereocenters. The Hall–Kier alpha value is -0.170. The molecule has 94 valence electrons. The summed E-state index contributed by atoms with van der Waals surface area (Å²) in [6.07, 6.45) is 4.19. The van der Waals surface area contributed by atoms with E-state index in [2.05, 4.69) is 10.0 Å². The van der Waals surface area contributed by atoms with Gasteiger partial charge in [0.2, 0.25) is 10.0 Å². The molecule has 0 aromatic heterocycles. The summed E-state index contributed by atoms with van der Waals surface area (Å²) >= 11 is 0. The summed E-state index contributed by atoms with van der Waals surface area (Å²) in [4.78, 5) is 0. The maximum atomic E-state index is 11.7. The molecule has 2 N–H and O–H groups in total. The molecule has 0 aromatic carbocycles. The summed E-state index contributed by atoms with van der Waals surface area (Å²) in [6, 6.07) is 0.535. The van der Waals surface area contributed by atoms with Crippen molar-refractivity contribution in [2.45, 2.75) is 37.8 Å². The standard InChI is InChI=1S/C10H20N2O3S/c13-16(14,7-5-11-9-3-4-9)12-10-2-1-6-15-8-10/h9-12H,1-8H2. The highest BCUT2D eigenvalue weighted by Crippen LogP contribution is 2.18. The van der Waals surface area contributed by atoms with Gasteiger partial charge < -0.3 is 10.1 Å². The lowest BCUT2D eigenvalue weighted by atomic mass is 10.1. The largest absolute Gasteiger partial charge is 0.380 e. The maximum absolute atomic E-state index is 11.7. The minimum Gasteiger partial charge on any atom is -0.380 e. The Labute approximate surface area is 97.0 Å². The molecule has 0 amide bonds. The molecular weight excluding hydrogens is 228 g/mol. The summed E-state index contributed by atoms with van der Waals surface area (Å²) in [5.74, 6) is 0.167. The van der Waals surface area contributed by atoms with E-state index in [0.29, 0.717) is 19.2 Å². The Bertz CT molecular complexity index is 308. The van der Waals surface area contributed by atoms with Crippen molar-refractivity contribution >= 4 is 10.0 Å². The molecule has 2 aliphatic rings. The molecular formula is C10H20N2O3S. The summed E-state index contributed by atoms with van der Waals surface area (Å²) in [5.41, 5.74) is 0. The number of hydrogen-bond donors (Lipinski definition) is 2. The van der Waals surface area contributed by atoms with Gasteiger partial charge in [-0.1, -0.05) is 0 Å². The van der Waals surface area contributed by atoms with Gasteiger partial charge in [0.1, 0.15) is 0 Å². The number of hydrogen-bond acceptors (Lipinski definition) is 4. The van der Waals surface area contributed by atoms with E-state index in [1.807, 2.05) is 0 Å². The zero-order valence-electron chi connectivity index (χ0n) is 9.44. The summed E-state index contributed by atoms with van der Waals surface area (Å²) < 4.78 is 31.3. The Morgan fingerprint density at radius 3 is 2.62 bits per heavy atom. The molecule has 1 saturated heterocycles. The molecule has 0 bridgehead atoms. The highest BCUT2D eigenvalue weighted by atomic mass is 32.2.